The number of anilines is 1. The molecule has 2 heterocycles. The molecule has 2 aromatic heterocycles. The van der Waals surface area contributed by atoms with Gasteiger partial charge in [0.1, 0.15) is 10.8 Å². The molecule has 1 N–H and O–H groups in total. The van der Waals surface area contributed by atoms with Gasteiger partial charge in [0.2, 0.25) is 5.13 Å². The van der Waals surface area contributed by atoms with Crippen LogP contribution in [0.15, 0.2) is 34.9 Å². The van der Waals surface area contributed by atoms with Gasteiger partial charge in [0.25, 0.3) is 5.91 Å². The van der Waals surface area contributed by atoms with Gasteiger partial charge in [-0.2, -0.15) is 0 Å². The number of amides is 1. The molecule has 0 saturated heterocycles. The first-order chi connectivity index (χ1) is 12.7. The Morgan fingerprint density at radius 2 is 2.04 bits per heavy atom. The van der Waals surface area contributed by atoms with Crippen LogP contribution in [0.5, 0.6) is 5.75 Å². The van der Waals surface area contributed by atoms with E-state index in [1.54, 1.807) is 13.2 Å². The third-order valence-corrected chi connectivity index (χ3v) is 5.11. The number of para-hydroxylation sites is 1. The zero-order valence-corrected chi connectivity index (χ0v) is 15.7. The lowest BCUT2D eigenvalue weighted by Crippen LogP contribution is -2.11. The Labute approximate surface area is 155 Å². The Hall–Kier alpha value is -2.74. The second kappa shape index (κ2) is 8.09. The summed E-state index contributed by atoms with van der Waals surface area (Å²) in [6.45, 7) is 4.23. The Bertz CT molecular complexity index is 886. The van der Waals surface area contributed by atoms with E-state index in [9.17, 15) is 4.79 Å². The lowest BCUT2D eigenvalue weighted by molar-refractivity contribution is 0.101. The van der Waals surface area contributed by atoms with Crippen molar-refractivity contribution in [2.75, 3.05) is 12.4 Å². The van der Waals surface area contributed by atoms with E-state index in [-0.39, 0.29) is 11.6 Å². The van der Waals surface area contributed by atoms with Crippen LogP contribution in [-0.2, 0) is 0 Å². The zero-order chi connectivity index (χ0) is 18.5. The zero-order valence-electron chi connectivity index (χ0n) is 14.9. The molecule has 0 unspecified atom stereocenters. The minimum atomic E-state index is -0.387. The Morgan fingerprint density at radius 3 is 2.77 bits per heavy atom. The number of nitrogens with one attached hydrogen (secondary N) is 1. The summed E-state index contributed by atoms with van der Waals surface area (Å²) in [7, 11) is 1.58. The second-order valence-electron chi connectivity index (χ2n) is 5.69. The van der Waals surface area contributed by atoms with Crippen LogP contribution in [0, 0.1) is 0 Å². The Balaban J connectivity index is 1.75. The van der Waals surface area contributed by atoms with Crippen LogP contribution < -0.4 is 10.1 Å². The van der Waals surface area contributed by atoms with Crippen molar-refractivity contribution in [3.8, 4) is 17.1 Å². The van der Waals surface area contributed by atoms with Crippen LogP contribution in [-0.4, -0.2) is 28.4 Å². The highest BCUT2D eigenvalue weighted by Crippen LogP contribution is 2.31. The van der Waals surface area contributed by atoms with Gasteiger partial charge in [-0.05, 0) is 25.0 Å². The van der Waals surface area contributed by atoms with Crippen molar-refractivity contribution >= 4 is 22.4 Å². The standard InChI is InChI=1S/C18H20N4O3S/c1-4-11(5-2)17-20-21-18(26-17)19-16(23)13-10-15(25-22-13)12-8-6-7-9-14(12)24-3/h6-11H,4-5H2,1-3H3,(H,19,21,23). The quantitative estimate of drug-likeness (QED) is 0.663. The Kier molecular flexibility index (Phi) is 5.62. The summed E-state index contributed by atoms with van der Waals surface area (Å²) in [5.74, 6) is 1.08. The summed E-state index contributed by atoms with van der Waals surface area (Å²) < 4.78 is 10.6. The number of nitrogens with zero attached hydrogens (tertiary/aromatic N) is 3. The van der Waals surface area contributed by atoms with Crippen molar-refractivity contribution in [1.82, 2.24) is 15.4 Å². The summed E-state index contributed by atoms with van der Waals surface area (Å²) in [6, 6.07) is 8.96. The van der Waals surface area contributed by atoms with Gasteiger partial charge in [0, 0.05) is 12.0 Å². The third-order valence-electron chi connectivity index (χ3n) is 4.11. The number of aromatic nitrogens is 3. The first kappa shape index (κ1) is 18.1. The largest absolute Gasteiger partial charge is 0.496 e. The van der Waals surface area contributed by atoms with Crippen molar-refractivity contribution in [3.63, 3.8) is 0 Å². The number of hydrogen-bond acceptors (Lipinski definition) is 7. The number of carbonyl (C=O) groups excluding carboxylic acids is 1. The fraction of sp³-hybridized carbons (Fsp3) is 0.333. The van der Waals surface area contributed by atoms with Gasteiger partial charge < -0.3 is 9.26 Å². The normalized spacial score (nSPS) is 10.9. The molecule has 8 heteroatoms. The van der Waals surface area contributed by atoms with Crippen LogP contribution in [0.2, 0.25) is 0 Å². The molecular formula is C18H20N4O3S. The van der Waals surface area contributed by atoms with Gasteiger partial charge in [-0.15, -0.1) is 10.2 Å². The first-order valence-corrected chi connectivity index (χ1v) is 9.22. The van der Waals surface area contributed by atoms with Crippen LogP contribution >= 0.6 is 11.3 Å². The molecule has 0 bridgehead atoms. The minimum absolute atomic E-state index is 0.171. The predicted molar refractivity (Wildman–Crippen MR) is 99.7 cm³/mol. The van der Waals surface area contributed by atoms with E-state index in [4.69, 9.17) is 9.26 Å². The molecule has 1 aromatic carbocycles. The molecule has 26 heavy (non-hydrogen) atoms. The molecule has 0 aliphatic rings. The van der Waals surface area contributed by atoms with Crippen molar-refractivity contribution in [2.24, 2.45) is 0 Å². The maximum absolute atomic E-state index is 12.4. The number of hydrogen-bond donors (Lipinski definition) is 1. The van der Waals surface area contributed by atoms with Gasteiger partial charge in [0.05, 0.1) is 12.7 Å². The minimum Gasteiger partial charge on any atom is -0.496 e. The summed E-state index contributed by atoms with van der Waals surface area (Å²) in [5, 5.41) is 16.2. The molecule has 136 valence electrons. The topological polar surface area (TPSA) is 90.1 Å². The van der Waals surface area contributed by atoms with E-state index in [1.807, 2.05) is 24.3 Å². The summed E-state index contributed by atoms with van der Waals surface area (Å²) in [4.78, 5) is 12.4. The fourth-order valence-electron chi connectivity index (χ4n) is 2.61. The molecular weight excluding hydrogens is 352 g/mol. The average Bonchev–Trinajstić information content (AvgIpc) is 3.33. The van der Waals surface area contributed by atoms with E-state index in [0.717, 1.165) is 23.4 Å². The molecule has 0 spiro atoms. The smallest absolute Gasteiger partial charge is 0.279 e. The summed E-state index contributed by atoms with van der Waals surface area (Å²) >= 11 is 1.39. The van der Waals surface area contributed by atoms with Crippen LogP contribution in [0.25, 0.3) is 11.3 Å². The number of rotatable bonds is 7. The predicted octanol–water partition coefficient (Wildman–Crippen LogP) is 4.36. The maximum atomic E-state index is 12.4. The molecule has 0 atom stereocenters. The van der Waals surface area contributed by atoms with Gasteiger partial charge in [-0.1, -0.05) is 42.5 Å². The van der Waals surface area contributed by atoms with E-state index in [2.05, 4.69) is 34.5 Å². The van der Waals surface area contributed by atoms with E-state index in [0.29, 0.717) is 22.6 Å². The fourth-order valence-corrected chi connectivity index (χ4v) is 3.61. The molecule has 3 rings (SSSR count). The van der Waals surface area contributed by atoms with Crippen molar-refractivity contribution in [3.05, 3.63) is 41.0 Å². The maximum Gasteiger partial charge on any atom is 0.279 e. The number of ether oxygens (including phenoxy) is 1. The van der Waals surface area contributed by atoms with E-state index in [1.165, 1.54) is 11.3 Å². The van der Waals surface area contributed by atoms with E-state index < -0.39 is 0 Å². The average molecular weight is 372 g/mol. The molecule has 0 fully saturated rings. The third kappa shape index (κ3) is 3.75. The molecule has 7 nitrogen and oxygen atoms in total. The van der Waals surface area contributed by atoms with Gasteiger partial charge in [-0.25, -0.2) is 0 Å². The number of carbonyl (C=O) groups is 1. The Morgan fingerprint density at radius 1 is 1.27 bits per heavy atom. The SMILES string of the molecule is CCC(CC)c1nnc(NC(=O)c2cc(-c3ccccc3OC)on2)s1. The van der Waals surface area contributed by atoms with Gasteiger partial charge in [-0.3, -0.25) is 10.1 Å². The molecule has 0 aliphatic heterocycles. The molecule has 0 aliphatic carbocycles. The van der Waals surface area contributed by atoms with Crippen LogP contribution in [0.4, 0.5) is 5.13 Å². The van der Waals surface area contributed by atoms with Crippen LogP contribution in [0.3, 0.4) is 0 Å². The second-order valence-corrected chi connectivity index (χ2v) is 6.70. The first-order valence-electron chi connectivity index (χ1n) is 8.41. The van der Waals surface area contributed by atoms with Crippen LogP contribution in [0.1, 0.15) is 48.1 Å². The lowest BCUT2D eigenvalue weighted by Gasteiger charge is -2.05. The van der Waals surface area contributed by atoms with Crippen molar-refractivity contribution in [1.29, 1.82) is 0 Å². The van der Waals surface area contributed by atoms with E-state index >= 15 is 0 Å². The molecule has 1 amide bonds. The molecule has 3 aromatic rings. The molecule has 0 radical (unpaired) electrons. The van der Waals surface area contributed by atoms with Crippen molar-refractivity contribution in [2.45, 2.75) is 32.6 Å². The van der Waals surface area contributed by atoms with Crippen molar-refractivity contribution < 1.29 is 14.1 Å². The highest BCUT2D eigenvalue weighted by molar-refractivity contribution is 7.15. The molecule has 0 saturated carbocycles. The summed E-state index contributed by atoms with van der Waals surface area (Å²) in [5.41, 5.74) is 0.902. The number of methoxy groups -OCH3 is 1. The van der Waals surface area contributed by atoms with Gasteiger partial charge in [0.15, 0.2) is 11.5 Å². The number of benzene rings is 1. The monoisotopic (exact) mass is 372 g/mol. The highest BCUT2D eigenvalue weighted by atomic mass is 32.1. The highest BCUT2D eigenvalue weighted by Gasteiger charge is 2.19. The van der Waals surface area contributed by atoms with Gasteiger partial charge >= 0.3 is 0 Å². The summed E-state index contributed by atoms with van der Waals surface area (Å²) in [6.07, 6.45) is 1.98. The lowest BCUT2D eigenvalue weighted by atomic mass is 10.1.